The molecule has 0 heterocycles. The van der Waals surface area contributed by atoms with Crippen molar-refractivity contribution in [3.63, 3.8) is 0 Å². The zero-order valence-electron chi connectivity index (χ0n) is 12.6. The average Bonchev–Trinajstić information content (AvgIpc) is 3.33. The fraction of sp³-hybridized carbons (Fsp3) is 0.467. The molecule has 0 aliphatic heterocycles. The van der Waals surface area contributed by atoms with E-state index in [2.05, 4.69) is 10.6 Å². The van der Waals surface area contributed by atoms with Crippen LogP contribution >= 0.6 is 0 Å². The van der Waals surface area contributed by atoms with Gasteiger partial charge in [0, 0.05) is 18.0 Å². The van der Waals surface area contributed by atoms with Gasteiger partial charge >= 0.3 is 11.8 Å². The molecule has 0 saturated heterocycles. The van der Waals surface area contributed by atoms with E-state index in [1.54, 1.807) is 18.2 Å². The molecule has 1 aliphatic carbocycles. The number of methoxy groups -OCH3 is 2. The van der Waals surface area contributed by atoms with Gasteiger partial charge in [-0.2, -0.15) is 0 Å². The molecule has 1 fully saturated rings. The second-order valence-corrected chi connectivity index (χ2v) is 5.36. The number of carbonyl (C=O) groups is 2. The van der Waals surface area contributed by atoms with Gasteiger partial charge in [0.2, 0.25) is 0 Å². The van der Waals surface area contributed by atoms with Crippen LogP contribution in [0.3, 0.4) is 0 Å². The van der Waals surface area contributed by atoms with Crippen molar-refractivity contribution in [3.05, 3.63) is 18.2 Å². The number of aliphatic hydroxyl groups excluding tert-OH is 1. The minimum absolute atomic E-state index is 0.0151. The summed E-state index contributed by atoms with van der Waals surface area (Å²) in [5.74, 6) is -0.540. The number of anilines is 1. The van der Waals surface area contributed by atoms with Crippen LogP contribution in [0, 0.1) is 5.41 Å². The van der Waals surface area contributed by atoms with Crippen molar-refractivity contribution in [2.24, 2.45) is 5.41 Å². The number of hydrogen-bond acceptors (Lipinski definition) is 5. The number of amides is 2. The molecular weight excluding hydrogens is 288 g/mol. The molecule has 1 saturated carbocycles. The van der Waals surface area contributed by atoms with Crippen LogP contribution in [0.5, 0.6) is 11.5 Å². The average molecular weight is 308 g/mol. The van der Waals surface area contributed by atoms with Crippen LogP contribution in [0.1, 0.15) is 12.8 Å². The Morgan fingerprint density at radius 1 is 1.23 bits per heavy atom. The Hall–Kier alpha value is -2.28. The van der Waals surface area contributed by atoms with Crippen molar-refractivity contribution in [1.29, 1.82) is 0 Å². The Balaban J connectivity index is 1.94. The lowest BCUT2D eigenvalue weighted by Gasteiger charge is -2.14. The highest BCUT2D eigenvalue weighted by atomic mass is 16.5. The van der Waals surface area contributed by atoms with Crippen molar-refractivity contribution in [3.8, 4) is 11.5 Å². The molecule has 2 amide bonds. The first kappa shape index (κ1) is 16.1. The Bertz CT molecular complexity index is 569. The highest BCUT2D eigenvalue weighted by Crippen LogP contribution is 2.44. The van der Waals surface area contributed by atoms with Crippen LogP contribution in [-0.2, 0) is 9.59 Å². The molecule has 22 heavy (non-hydrogen) atoms. The maximum atomic E-state index is 11.9. The number of hydrogen-bond donors (Lipinski definition) is 3. The van der Waals surface area contributed by atoms with Gasteiger partial charge in [-0.1, -0.05) is 0 Å². The molecule has 3 N–H and O–H groups in total. The molecular formula is C15H20N2O5. The Morgan fingerprint density at radius 3 is 2.50 bits per heavy atom. The Kier molecular flexibility index (Phi) is 4.87. The molecule has 1 aromatic carbocycles. The minimum atomic E-state index is -0.780. The molecule has 0 aromatic heterocycles. The first-order valence-corrected chi connectivity index (χ1v) is 6.96. The lowest BCUT2D eigenvalue weighted by atomic mass is 10.1. The first-order valence-electron chi connectivity index (χ1n) is 6.96. The first-order chi connectivity index (χ1) is 10.5. The summed E-state index contributed by atoms with van der Waals surface area (Å²) in [6.07, 6.45) is 1.72. The Labute approximate surface area is 128 Å². The SMILES string of the molecule is COc1ccc(NC(=O)C(=O)NCC2(CO)CC2)c(OC)c1. The molecule has 7 heteroatoms. The summed E-state index contributed by atoms with van der Waals surface area (Å²) < 4.78 is 10.2. The number of rotatable bonds is 6. The van der Waals surface area contributed by atoms with Crippen LogP contribution in [0.4, 0.5) is 5.69 Å². The number of aliphatic hydroxyl groups is 1. The highest BCUT2D eigenvalue weighted by molar-refractivity contribution is 6.39. The van der Waals surface area contributed by atoms with E-state index in [1.165, 1.54) is 14.2 Å². The molecule has 1 aliphatic rings. The number of carbonyl (C=O) groups excluding carboxylic acids is 2. The zero-order chi connectivity index (χ0) is 16.2. The highest BCUT2D eigenvalue weighted by Gasteiger charge is 2.42. The predicted octanol–water partition coefficient (Wildman–Crippen LogP) is 0.531. The summed E-state index contributed by atoms with van der Waals surface area (Å²) in [5.41, 5.74) is 0.139. The molecule has 7 nitrogen and oxygen atoms in total. The standard InChI is InChI=1S/C15H20N2O5/c1-21-10-3-4-11(12(7-10)22-2)17-14(20)13(19)16-8-15(9-18)5-6-15/h3-4,7,18H,5-6,8-9H2,1-2H3,(H,16,19)(H,17,20). The minimum Gasteiger partial charge on any atom is -0.497 e. The van der Waals surface area contributed by atoms with Crippen LogP contribution in [-0.4, -0.2) is 44.3 Å². The van der Waals surface area contributed by atoms with Crippen molar-refractivity contribution >= 4 is 17.5 Å². The molecule has 120 valence electrons. The van der Waals surface area contributed by atoms with Crippen molar-refractivity contribution in [1.82, 2.24) is 5.32 Å². The van der Waals surface area contributed by atoms with Crippen molar-refractivity contribution < 1.29 is 24.2 Å². The fourth-order valence-corrected chi connectivity index (χ4v) is 2.00. The van der Waals surface area contributed by atoms with Crippen LogP contribution < -0.4 is 20.1 Å². The monoisotopic (exact) mass is 308 g/mol. The summed E-state index contributed by atoms with van der Waals surface area (Å²) in [5, 5.41) is 14.2. The summed E-state index contributed by atoms with van der Waals surface area (Å²) in [4.78, 5) is 23.7. The largest absolute Gasteiger partial charge is 0.497 e. The molecule has 0 spiro atoms. The van der Waals surface area contributed by atoms with E-state index in [9.17, 15) is 14.7 Å². The van der Waals surface area contributed by atoms with Gasteiger partial charge in [0.1, 0.15) is 11.5 Å². The van der Waals surface area contributed by atoms with Gasteiger partial charge in [-0.3, -0.25) is 9.59 Å². The van der Waals surface area contributed by atoms with E-state index in [1.807, 2.05) is 0 Å². The lowest BCUT2D eigenvalue weighted by molar-refractivity contribution is -0.136. The molecule has 0 atom stereocenters. The molecule has 1 aromatic rings. The van der Waals surface area contributed by atoms with Gasteiger partial charge in [-0.25, -0.2) is 0 Å². The third kappa shape index (κ3) is 3.67. The smallest absolute Gasteiger partial charge is 0.313 e. The van der Waals surface area contributed by atoms with Gasteiger partial charge in [0.25, 0.3) is 0 Å². The fourth-order valence-electron chi connectivity index (χ4n) is 2.00. The maximum Gasteiger partial charge on any atom is 0.313 e. The van der Waals surface area contributed by atoms with Gasteiger partial charge in [0.05, 0.1) is 26.5 Å². The van der Waals surface area contributed by atoms with Crippen LogP contribution in [0.2, 0.25) is 0 Å². The maximum absolute atomic E-state index is 11.9. The number of nitrogens with one attached hydrogen (secondary N) is 2. The molecule has 0 bridgehead atoms. The third-order valence-corrected chi connectivity index (χ3v) is 3.78. The number of ether oxygens (including phenoxy) is 2. The van der Waals surface area contributed by atoms with E-state index < -0.39 is 11.8 Å². The van der Waals surface area contributed by atoms with Gasteiger partial charge in [-0.15, -0.1) is 0 Å². The summed E-state index contributed by atoms with van der Waals surface area (Å²) in [6, 6.07) is 4.86. The lowest BCUT2D eigenvalue weighted by Crippen LogP contribution is -2.39. The quantitative estimate of drug-likeness (QED) is 0.666. The molecule has 2 rings (SSSR count). The van der Waals surface area contributed by atoms with Crippen LogP contribution in [0.25, 0.3) is 0 Å². The predicted molar refractivity (Wildman–Crippen MR) is 79.9 cm³/mol. The van der Waals surface area contributed by atoms with E-state index in [0.29, 0.717) is 23.7 Å². The topological polar surface area (TPSA) is 96.9 Å². The molecule has 0 radical (unpaired) electrons. The van der Waals surface area contributed by atoms with E-state index in [-0.39, 0.29) is 12.0 Å². The van der Waals surface area contributed by atoms with Crippen LogP contribution in [0.15, 0.2) is 18.2 Å². The second kappa shape index (κ2) is 6.65. The Morgan fingerprint density at radius 2 is 1.95 bits per heavy atom. The van der Waals surface area contributed by atoms with Crippen molar-refractivity contribution in [2.45, 2.75) is 12.8 Å². The third-order valence-electron chi connectivity index (χ3n) is 3.78. The van der Waals surface area contributed by atoms with Crippen molar-refractivity contribution in [2.75, 3.05) is 32.7 Å². The van der Waals surface area contributed by atoms with E-state index in [4.69, 9.17) is 9.47 Å². The summed E-state index contributed by atoms with van der Waals surface area (Å²) in [6.45, 7) is 0.316. The van der Waals surface area contributed by atoms with E-state index >= 15 is 0 Å². The zero-order valence-corrected chi connectivity index (χ0v) is 12.6. The summed E-state index contributed by atoms with van der Waals surface area (Å²) >= 11 is 0. The summed E-state index contributed by atoms with van der Waals surface area (Å²) in [7, 11) is 2.98. The normalized spacial score (nSPS) is 14.9. The van der Waals surface area contributed by atoms with Gasteiger partial charge in [0.15, 0.2) is 0 Å². The number of benzene rings is 1. The second-order valence-electron chi connectivity index (χ2n) is 5.36. The van der Waals surface area contributed by atoms with E-state index in [0.717, 1.165) is 12.8 Å². The molecule has 0 unspecified atom stereocenters. The van der Waals surface area contributed by atoms with Gasteiger partial charge in [-0.05, 0) is 25.0 Å². The van der Waals surface area contributed by atoms with Gasteiger partial charge < -0.3 is 25.2 Å².